The van der Waals surface area contributed by atoms with Crippen LogP contribution in [0.5, 0.6) is 0 Å². The average molecular weight is 1950 g/mol. The van der Waals surface area contributed by atoms with Crippen molar-refractivity contribution in [2.45, 2.75) is 478 Å². The van der Waals surface area contributed by atoms with E-state index in [1.807, 2.05) is 20.8 Å². The summed E-state index contributed by atoms with van der Waals surface area (Å²) in [6.45, 7) is 36.3. The van der Waals surface area contributed by atoms with Crippen molar-refractivity contribution in [3.8, 4) is 0 Å². The van der Waals surface area contributed by atoms with Gasteiger partial charge in [-0.1, -0.05) is 384 Å². The van der Waals surface area contributed by atoms with Crippen molar-refractivity contribution in [3.05, 3.63) is 189 Å². The summed E-state index contributed by atoms with van der Waals surface area (Å²) in [6.07, 6.45) is 115. The molecule has 0 aromatic rings. The zero-order chi connectivity index (χ0) is 102. The molecule has 19 nitrogen and oxygen atoms in total. The molecule has 0 fully saturated rings. The van der Waals surface area contributed by atoms with Gasteiger partial charge in [0.05, 0.1) is 0 Å². The number of ether oxygens (including phenoxy) is 5. The predicted molar refractivity (Wildman–Crippen MR) is 580 cm³/mol. The number of hydrogen-bond acceptors (Lipinski definition) is 19. The highest BCUT2D eigenvalue weighted by atomic mass is 17.2. The van der Waals surface area contributed by atoms with Gasteiger partial charge in [0.2, 0.25) is 0 Å². The molecule has 0 rings (SSSR count). The third-order valence-electron chi connectivity index (χ3n) is 21.6. The van der Waals surface area contributed by atoms with Crippen molar-refractivity contribution in [1.82, 2.24) is 0 Å². The van der Waals surface area contributed by atoms with Crippen LogP contribution >= 0.6 is 0 Å². The molecule has 0 saturated heterocycles. The fourth-order valence-electron chi connectivity index (χ4n) is 13.4. The lowest BCUT2D eigenvalue weighted by molar-refractivity contribution is -0.301. The van der Waals surface area contributed by atoms with E-state index >= 15 is 0 Å². The fourth-order valence-corrected chi connectivity index (χ4v) is 13.4. The highest BCUT2D eigenvalue weighted by Crippen LogP contribution is 2.18. The molecule has 0 amide bonds. The number of esters is 5. The molecule has 0 heterocycles. The van der Waals surface area contributed by atoms with Gasteiger partial charge in [0.15, 0.2) is 12.4 Å². The van der Waals surface area contributed by atoms with Crippen LogP contribution in [-0.4, -0.2) is 119 Å². The van der Waals surface area contributed by atoms with Gasteiger partial charge in [-0.05, 0) is 213 Å². The maximum absolute atomic E-state index is 12.5. The number of allylic oxidation sites excluding steroid dienone is 20. The molecule has 0 radical (unpaired) electrons. The van der Waals surface area contributed by atoms with E-state index in [2.05, 4.69) is 195 Å². The Bertz CT molecular complexity index is 3130. The molecule has 0 aliphatic rings. The average Bonchev–Trinajstić information content (AvgIpc) is 0.958. The van der Waals surface area contributed by atoms with Crippen molar-refractivity contribution in [3.63, 3.8) is 0 Å². The molecule has 0 bridgehead atoms. The second kappa shape index (κ2) is 121. The largest absolute Gasteiger partial charge is 0.463 e. The number of aliphatic hydroxyl groups excluding tert-OH is 1. The molecule has 0 spiro atoms. The van der Waals surface area contributed by atoms with Crippen LogP contribution in [0.2, 0.25) is 0 Å². The zero-order valence-electron chi connectivity index (χ0n) is 89.9. The standard InChI is InChI=1S/C45H78O6.C26H42O4.C25H44O5.C24H42O4/c1-5-7-9-11-13-15-17-19-21-22-24-25-27-29-31-33-35-37-44(46)48-40-43(41-50-49-39-42(3)4)51-45(47)38-36-34-32-30-28-26-23-20-18-16-14-12-10-8-6-2;1-4-7-8-9-10-11-12-13-14-15-16-17-18-19-20-22-26(27)30-25(21-5-2)24-29-28-23-6-3;1-4-5-6-7-8-9-10-11-12-13-14-15-16-17-18-19-25(27)28-21-24(26)22-30-29-20-23(2)3;1-4-5-6-7-8-9-10-11-12-13-14-15-16-17-18-19-24(25)26-20-21-27-28-22-23(2)3/h14,16-17,19-20,22-24,43H,3,5-13,15,18,21,25-41H2,1-2,4H3;5,10-11,13-14,23,25H,2-4,7-9,12,15-22,24H2,1H3;8-9,11-12,24,26H,2,4-7,10,13-22H2,1,3H3;8-9,11-12H,2,4-7,10,13-22H2,1,3H3/b16-14+,19-17+,23-20+,24-22+;11-10+,14-13+;2*9-8+,12-11+. The Hall–Kier alpha value is -7.29. The van der Waals surface area contributed by atoms with Crippen LogP contribution in [0.15, 0.2) is 189 Å². The summed E-state index contributed by atoms with van der Waals surface area (Å²) >= 11 is 0. The first kappa shape index (κ1) is 138. The second-order valence-corrected chi connectivity index (χ2v) is 36.4. The summed E-state index contributed by atoms with van der Waals surface area (Å²) in [4.78, 5) is 99.5. The predicted octanol–water partition coefficient (Wildman–Crippen LogP) is 34.0. The van der Waals surface area contributed by atoms with E-state index < -0.39 is 12.2 Å². The van der Waals surface area contributed by atoms with Crippen LogP contribution in [0, 0.1) is 0 Å². The number of unbranched alkanes of at least 4 members (excludes halogenated alkanes) is 42. The van der Waals surface area contributed by atoms with Crippen LogP contribution in [0.3, 0.4) is 0 Å². The topological polar surface area (TPSA) is 226 Å². The molecule has 0 aliphatic carbocycles. The van der Waals surface area contributed by atoms with Gasteiger partial charge in [0.1, 0.15) is 78.3 Å². The normalized spacial score (nSPS) is 12.2. The smallest absolute Gasteiger partial charge is 0.306 e. The first-order valence-electron chi connectivity index (χ1n) is 54.9. The minimum Gasteiger partial charge on any atom is -0.463 e. The number of aliphatic hydroxyl groups is 1. The molecular formula is C120H206O19. The quantitative estimate of drug-likeness (QED) is 0.00873. The maximum atomic E-state index is 12.5. The van der Waals surface area contributed by atoms with E-state index in [1.165, 1.54) is 212 Å². The van der Waals surface area contributed by atoms with Crippen molar-refractivity contribution < 1.29 is 91.9 Å². The molecule has 139 heavy (non-hydrogen) atoms. The summed E-state index contributed by atoms with van der Waals surface area (Å²) in [5.74, 6) is -1.21. The first-order chi connectivity index (χ1) is 68.0. The summed E-state index contributed by atoms with van der Waals surface area (Å²) in [6, 6.07) is 0. The van der Waals surface area contributed by atoms with Crippen molar-refractivity contribution in [2.75, 3.05) is 66.1 Å². The molecule has 800 valence electrons. The summed E-state index contributed by atoms with van der Waals surface area (Å²) < 4.78 is 26.6. The van der Waals surface area contributed by atoms with Gasteiger partial charge in [-0.25, -0.2) is 29.3 Å². The number of hydrogen-bond donors (Lipinski definition) is 1. The minimum absolute atomic E-state index is 0.00166. The Morgan fingerprint density at radius 3 is 0.835 bits per heavy atom. The third-order valence-corrected chi connectivity index (χ3v) is 21.6. The van der Waals surface area contributed by atoms with Crippen molar-refractivity contribution in [2.24, 2.45) is 0 Å². The Kier molecular flexibility index (Phi) is 120. The molecule has 19 heteroatoms. The summed E-state index contributed by atoms with van der Waals surface area (Å²) in [5.41, 5.74) is 4.96. The Morgan fingerprint density at radius 1 is 0.273 bits per heavy atom. The number of rotatable bonds is 100. The summed E-state index contributed by atoms with van der Waals surface area (Å²) in [5, 5.41) is 9.65. The number of carbonyl (C=O) groups excluding carboxylic acids is 5. The van der Waals surface area contributed by atoms with Gasteiger partial charge < -0.3 is 33.7 Å². The molecule has 0 saturated carbocycles. The molecule has 3 unspecified atom stereocenters. The maximum Gasteiger partial charge on any atom is 0.306 e. The van der Waals surface area contributed by atoms with E-state index in [9.17, 15) is 29.1 Å². The lowest BCUT2D eigenvalue weighted by Gasteiger charge is -2.18. The SMILES string of the molecule is C=C(C)COOCC(COC(=O)CCCCCCC/C=C/C/C=C/CCCCCCC)OC(=O)CCCCCCC/C=C/C/C=C/CCCCC.C=C(C)COOCC(O)COC(=O)CCCCCCC/C=C/C/C=C/CCCCC.C=C(C)COOCCOC(=O)CCCCCCC/C=C/C/C=C/CCCCC.C=C=COOCC(CC=C)OC(=O)CCCCCCC/C=C/C/C=C/CCCCC. The van der Waals surface area contributed by atoms with Crippen LogP contribution in [0.1, 0.15) is 460 Å². The van der Waals surface area contributed by atoms with Gasteiger partial charge in [-0.3, -0.25) is 24.0 Å². The van der Waals surface area contributed by atoms with Crippen LogP contribution in [-0.2, 0) is 86.8 Å². The highest BCUT2D eigenvalue weighted by molar-refractivity contribution is 5.71. The lowest BCUT2D eigenvalue weighted by Crippen LogP contribution is -2.30. The van der Waals surface area contributed by atoms with Crippen molar-refractivity contribution >= 4 is 29.8 Å². The molecule has 3 atom stereocenters. The molecule has 1 N–H and O–H groups in total. The minimum atomic E-state index is -0.885. The van der Waals surface area contributed by atoms with Gasteiger partial charge in [0.25, 0.3) is 0 Å². The first-order valence-corrected chi connectivity index (χ1v) is 54.9. The molecule has 0 aliphatic heterocycles. The molecule has 0 aromatic carbocycles. The molecular weight excluding hydrogens is 1750 g/mol. The second-order valence-electron chi connectivity index (χ2n) is 36.4. The van der Waals surface area contributed by atoms with E-state index in [4.69, 9.17) is 62.8 Å². The van der Waals surface area contributed by atoms with Gasteiger partial charge in [0, 0.05) is 38.5 Å². The van der Waals surface area contributed by atoms with Crippen LogP contribution in [0.25, 0.3) is 0 Å². The Morgan fingerprint density at radius 2 is 0.525 bits per heavy atom. The summed E-state index contributed by atoms with van der Waals surface area (Å²) in [7, 11) is 0. The monoisotopic (exact) mass is 1950 g/mol. The third kappa shape index (κ3) is 129. The Balaban J connectivity index is -0.000000907. The fraction of sp³-hybridized carbons (Fsp3) is 0.700. The number of carbonyl (C=O) groups is 5. The van der Waals surface area contributed by atoms with E-state index in [0.717, 1.165) is 177 Å². The zero-order valence-corrected chi connectivity index (χ0v) is 89.9. The Labute approximate surface area is 850 Å². The van der Waals surface area contributed by atoms with Gasteiger partial charge in [-0.15, -0.1) is 6.58 Å². The lowest BCUT2D eigenvalue weighted by atomic mass is 10.1. The van der Waals surface area contributed by atoms with Gasteiger partial charge in [-0.2, -0.15) is 4.89 Å². The van der Waals surface area contributed by atoms with Crippen molar-refractivity contribution in [1.29, 1.82) is 0 Å². The van der Waals surface area contributed by atoms with E-state index in [0.29, 0.717) is 45.1 Å². The van der Waals surface area contributed by atoms with Crippen LogP contribution < -0.4 is 0 Å². The van der Waals surface area contributed by atoms with E-state index in [-0.39, 0.29) is 95.4 Å². The van der Waals surface area contributed by atoms with Gasteiger partial charge >= 0.3 is 29.8 Å². The van der Waals surface area contributed by atoms with Crippen LogP contribution in [0.4, 0.5) is 0 Å². The molecule has 0 aromatic heterocycles. The van der Waals surface area contributed by atoms with E-state index in [1.54, 1.807) is 6.08 Å². The highest BCUT2D eigenvalue weighted by Gasteiger charge is 2.20.